The van der Waals surface area contributed by atoms with Crippen LogP contribution in [0.1, 0.15) is 10.4 Å². The van der Waals surface area contributed by atoms with Crippen LogP contribution in [0.25, 0.3) is 0 Å². The van der Waals surface area contributed by atoms with Crippen LogP contribution in [0.15, 0.2) is 12.3 Å². The number of hydrogen-bond donors (Lipinski definition) is 3. The number of aromatic nitrogens is 1. The minimum atomic E-state index is -0.555. The second-order valence-electron chi connectivity index (χ2n) is 3.74. The summed E-state index contributed by atoms with van der Waals surface area (Å²) in [5, 5.41) is 1.93. The fourth-order valence-corrected chi connectivity index (χ4v) is 1.58. The molecule has 1 aliphatic heterocycles. The fourth-order valence-electron chi connectivity index (χ4n) is 1.58. The van der Waals surface area contributed by atoms with Crippen molar-refractivity contribution in [3.63, 3.8) is 0 Å². The molecule has 0 radical (unpaired) electrons. The lowest BCUT2D eigenvalue weighted by atomic mass is 10.2. The molecule has 7 heteroatoms. The molecule has 7 nitrogen and oxygen atoms in total. The molecular weight excluding hydrogens is 222 g/mol. The van der Waals surface area contributed by atoms with Crippen LogP contribution in [0.3, 0.4) is 0 Å². The van der Waals surface area contributed by atoms with Crippen molar-refractivity contribution in [3.05, 3.63) is 17.8 Å². The summed E-state index contributed by atoms with van der Waals surface area (Å²) < 4.78 is 5.22. The van der Waals surface area contributed by atoms with Crippen LogP contribution in [0.5, 0.6) is 0 Å². The number of nitrogen functional groups attached to an aromatic ring is 1. The lowest BCUT2D eigenvalue weighted by Gasteiger charge is -2.28. The molecule has 17 heavy (non-hydrogen) atoms. The van der Waals surface area contributed by atoms with Crippen molar-refractivity contribution in [3.8, 4) is 0 Å². The van der Waals surface area contributed by atoms with E-state index in [9.17, 15) is 4.79 Å². The van der Waals surface area contributed by atoms with Crippen LogP contribution in [0.2, 0.25) is 0 Å². The molecule has 1 aromatic heterocycles. The standard InChI is InChI=1S/C10H15N5O2/c11-7-5-8(9(12)16)10(13-6-7)14-15-1-3-17-4-2-15/h5-6H,1-4,11H2,(H2,12,16)(H,13,14). The second-order valence-corrected chi connectivity index (χ2v) is 3.74. The maximum Gasteiger partial charge on any atom is 0.252 e. The van der Waals surface area contributed by atoms with Crippen molar-refractivity contribution in [2.75, 3.05) is 37.5 Å². The average Bonchev–Trinajstić information content (AvgIpc) is 2.32. The summed E-state index contributed by atoms with van der Waals surface area (Å²) in [7, 11) is 0. The van der Waals surface area contributed by atoms with Gasteiger partial charge in [-0.15, -0.1) is 0 Å². The Labute approximate surface area is 98.7 Å². The van der Waals surface area contributed by atoms with Gasteiger partial charge in [-0.05, 0) is 6.07 Å². The summed E-state index contributed by atoms with van der Waals surface area (Å²) in [5.41, 5.74) is 14.6. The molecule has 5 N–H and O–H groups in total. The van der Waals surface area contributed by atoms with Crippen molar-refractivity contribution in [1.82, 2.24) is 9.99 Å². The maximum absolute atomic E-state index is 11.3. The van der Waals surface area contributed by atoms with Gasteiger partial charge in [0.05, 0.1) is 30.7 Å². The monoisotopic (exact) mass is 237 g/mol. The summed E-state index contributed by atoms with van der Waals surface area (Å²) in [5.74, 6) is -0.130. The van der Waals surface area contributed by atoms with E-state index in [1.807, 2.05) is 5.01 Å². The number of pyridine rings is 1. The first-order valence-corrected chi connectivity index (χ1v) is 5.31. The van der Waals surface area contributed by atoms with Gasteiger partial charge in [0.15, 0.2) is 5.82 Å². The third-order valence-electron chi connectivity index (χ3n) is 2.45. The molecule has 0 aromatic carbocycles. The van der Waals surface area contributed by atoms with Crippen LogP contribution in [-0.4, -0.2) is 42.2 Å². The topological polar surface area (TPSA) is 106 Å². The molecule has 1 aliphatic rings. The van der Waals surface area contributed by atoms with Crippen LogP contribution < -0.4 is 16.9 Å². The Morgan fingerprint density at radius 2 is 2.18 bits per heavy atom. The predicted molar refractivity (Wildman–Crippen MR) is 63.2 cm³/mol. The van der Waals surface area contributed by atoms with Crippen LogP contribution >= 0.6 is 0 Å². The Kier molecular flexibility index (Phi) is 3.40. The SMILES string of the molecule is NC(=O)c1cc(N)cnc1NN1CCOCC1. The number of hydrazine groups is 1. The Balaban J connectivity index is 2.16. The number of rotatable bonds is 3. The van der Waals surface area contributed by atoms with Crippen LogP contribution in [0, 0.1) is 0 Å². The second kappa shape index (κ2) is 4.98. The smallest absolute Gasteiger partial charge is 0.252 e. The number of ether oxygens (including phenoxy) is 1. The number of nitrogens with zero attached hydrogens (tertiary/aromatic N) is 2. The average molecular weight is 237 g/mol. The van der Waals surface area contributed by atoms with Crippen molar-refractivity contribution in [2.45, 2.75) is 0 Å². The first-order valence-electron chi connectivity index (χ1n) is 5.31. The first-order chi connectivity index (χ1) is 8.16. The number of anilines is 2. The summed E-state index contributed by atoms with van der Waals surface area (Å²) >= 11 is 0. The van der Waals surface area contributed by atoms with Crippen molar-refractivity contribution in [1.29, 1.82) is 0 Å². The van der Waals surface area contributed by atoms with E-state index in [0.717, 1.165) is 13.1 Å². The van der Waals surface area contributed by atoms with E-state index in [1.165, 1.54) is 12.3 Å². The lowest BCUT2D eigenvalue weighted by Crippen LogP contribution is -2.41. The molecule has 0 unspecified atom stereocenters. The quantitative estimate of drug-likeness (QED) is 0.649. The van der Waals surface area contributed by atoms with E-state index in [0.29, 0.717) is 24.7 Å². The van der Waals surface area contributed by atoms with Gasteiger partial charge >= 0.3 is 0 Å². The summed E-state index contributed by atoms with van der Waals surface area (Å²) in [6, 6.07) is 1.51. The maximum atomic E-state index is 11.3. The first kappa shape index (κ1) is 11.6. The van der Waals surface area contributed by atoms with E-state index in [1.54, 1.807) is 0 Å². The van der Waals surface area contributed by atoms with Crippen LogP contribution in [0.4, 0.5) is 11.5 Å². The van der Waals surface area contributed by atoms with Gasteiger partial charge in [-0.3, -0.25) is 4.79 Å². The third-order valence-corrected chi connectivity index (χ3v) is 2.45. The molecular formula is C10H15N5O2. The number of carbonyl (C=O) groups excluding carboxylic acids is 1. The molecule has 1 saturated heterocycles. The van der Waals surface area contributed by atoms with E-state index in [-0.39, 0.29) is 5.56 Å². The molecule has 0 atom stereocenters. The van der Waals surface area contributed by atoms with Crippen LogP contribution in [-0.2, 0) is 4.74 Å². The van der Waals surface area contributed by atoms with E-state index in [2.05, 4.69) is 10.4 Å². The van der Waals surface area contributed by atoms with Gasteiger partial charge in [0.2, 0.25) is 0 Å². The summed E-state index contributed by atoms with van der Waals surface area (Å²) in [6.07, 6.45) is 1.48. The zero-order chi connectivity index (χ0) is 12.3. The molecule has 92 valence electrons. The number of primary amides is 1. The van der Waals surface area contributed by atoms with Gasteiger partial charge in [0.1, 0.15) is 0 Å². The predicted octanol–water partition coefficient (Wildman–Crippen LogP) is -0.578. The summed E-state index contributed by atoms with van der Waals surface area (Å²) in [6.45, 7) is 2.75. The zero-order valence-corrected chi connectivity index (χ0v) is 9.35. The largest absolute Gasteiger partial charge is 0.397 e. The molecule has 0 spiro atoms. The van der Waals surface area contributed by atoms with Gasteiger partial charge in [-0.1, -0.05) is 0 Å². The molecule has 1 amide bonds. The molecule has 0 aliphatic carbocycles. The van der Waals surface area contributed by atoms with Gasteiger partial charge in [0, 0.05) is 13.1 Å². The van der Waals surface area contributed by atoms with Crippen molar-refractivity contribution in [2.24, 2.45) is 5.73 Å². The normalized spacial score (nSPS) is 16.7. The molecule has 2 rings (SSSR count). The highest BCUT2D eigenvalue weighted by atomic mass is 16.5. The fraction of sp³-hybridized carbons (Fsp3) is 0.400. The number of carbonyl (C=O) groups is 1. The van der Waals surface area contributed by atoms with Crippen molar-refractivity contribution < 1.29 is 9.53 Å². The molecule has 0 bridgehead atoms. The molecule has 1 aromatic rings. The van der Waals surface area contributed by atoms with Gasteiger partial charge in [-0.25, -0.2) is 9.99 Å². The lowest BCUT2D eigenvalue weighted by molar-refractivity contribution is 0.0494. The highest BCUT2D eigenvalue weighted by Crippen LogP contribution is 2.15. The number of nitrogens with one attached hydrogen (secondary N) is 1. The van der Waals surface area contributed by atoms with E-state index < -0.39 is 5.91 Å². The number of hydrogen-bond acceptors (Lipinski definition) is 6. The highest BCUT2D eigenvalue weighted by molar-refractivity contribution is 5.98. The van der Waals surface area contributed by atoms with Crippen molar-refractivity contribution >= 4 is 17.4 Å². The Morgan fingerprint density at radius 1 is 1.47 bits per heavy atom. The molecule has 0 saturated carbocycles. The van der Waals surface area contributed by atoms with Gasteiger partial charge in [-0.2, -0.15) is 0 Å². The summed E-state index contributed by atoms with van der Waals surface area (Å²) in [4.78, 5) is 15.3. The number of morpholine rings is 1. The number of nitrogens with two attached hydrogens (primary N) is 2. The zero-order valence-electron chi connectivity index (χ0n) is 9.35. The third kappa shape index (κ3) is 2.83. The Bertz CT molecular complexity index is 417. The molecule has 1 fully saturated rings. The Hall–Kier alpha value is -1.86. The number of amides is 1. The molecule has 2 heterocycles. The van der Waals surface area contributed by atoms with E-state index in [4.69, 9.17) is 16.2 Å². The highest BCUT2D eigenvalue weighted by Gasteiger charge is 2.15. The minimum absolute atomic E-state index is 0.288. The minimum Gasteiger partial charge on any atom is -0.397 e. The van der Waals surface area contributed by atoms with Gasteiger partial charge in [0.25, 0.3) is 5.91 Å². The Morgan fingerprint density at radius 3 is 2.82 bits per heavy atom. The van der Waals surface area contributed by atoms with Gasteiger partial charge < -0.3 is 21.6 Å². The van der Waals surface area contributed by atoms with E-state index >= 15 is 0 Å².